The summed E-state index contributed by atoms with van der Waals surface area (Å²) in [4.78, 5) is 0. The van der Waals surface area contributed by atoms with Crippen molar-refractivity contribution in [3.8, 4) is 0 Å². The van der Waals surface area contributed by atoms with Crippen molar-refractivity contribution in [2.24, 2.45) is 0 Å². The zero-order chi connectivity index (χ0) is 8.44. The summed E-state index contributed by atoms with van der Waals surface area (Å²) in [6.45, 7) is 4.67. The van der Waals surface area contributed by atoms with Crippen molar-refractivity contribution >= 4 is 11.8 Å². The Morgan fingerprint density at radius 1 is 1.58 bits per heavy atom. The largest absolute Gasteiger partial charge is 0.311 e. The molecule has 0 aromatic heterocycles. The summed E-state index contributed by atoms with van der Waals surface area (Å²) in [6, 6.07) is 0.709. The molecule has 1 aliphatic carbocycles. The molecule has 0 aromatic carbocycles. The molecule has 2 nitrogen and oxygen atoms in total. The van der Waals surface area contributed by atoms with Crippen LogP contribution in [0, 0.1) is 0 Å². The van der Waals surface area contributed by atoms with Gasteiger partial charge in [-0.25, -0.2) is 0 Å². The van der Waals surface area contributed by atoms with Gasteiger partial charge in [-0.05, 0) is 19.8 Å². The molecule has 0 amide bonds. The normalized spacial score (nSPS) is 33.2. The SMILES string of the molecule is CC1(NCC2CSCCN2)CC1. The number of hydrogen-bond acceptors (Lipinski definition) is 3. The molecule has 0 radical (unpaired) electrons. The maximum absolute atomic E-state index is 3.63. The van der Waals surface area contributed by atoms with Crippen molar-refractivity contribution in [3.05, 3.63) is 0 Å². The lowest BCUT2D eigenvalue weighted by Gasteiger charge is -2.25. The van der Waals surface area contributed by atoms with E-state index in [0.29, 0.717) is 11.6 Å². The van der Waals surface area contributed by atoms with E-state index in [1.54, 1.807) is 0 Å². The van der Waals surface area contributed by atoms with Crippen LogP contribution in [0.2, 0.25) is 0 Å². The van der Waals surface area contributed by atoms with Crippen molar-refractivity contribution in [2.45, 2.75) is 31.3 Å². The van der Waals surface area contributed by atoms with Gasteiger partial charge in [-0.2, -0.15) is 11.8 Å². The van der Waals surface area contributed by atoms with Gasteiger partial charge in [0.2, 0.25) is 0 Å². The van der Waals surface area contributed by atoms with Gasteiger partial charge in [-0.15, -0.1) is 0 Å². The van der Waals surface area contributed by atoms with Gasteiger partial charge in [-0.3, -0.25) is 0 Å². The molecule has 2 aliphatic rings. The van der Waals surface area contributed by atoms with Crippen LogP contribution < -0.4 is 10.6 Å². The van der Waals surface area contributed by atoms with E-state index in [2.05, 4.69) is 29.3 Å². The summed E-state index contributed by atoms with van der Waals surface area (Å²) < 4.78 is 0. The van der Waals surface area contributed by atoms with E-state index in [1.807, 2.05) is 0 Å². The van der Waals surface area contributed by atoms with Crippen LogP contribution in [0.25, 0.3) is 0 Å². The van der Waals surface area contributed by atoms with Gasteiger partial charge in [0.05, 0.1) is 0 Å². The number of nitrogens with one attached hydrogen (secondary N) is 2. The highest BCUT2D eigenvalue weighted by Gasteiger charge is 2.36. The molecule has 2 fully saturated rings. The van der Waals surface area contributed by atoms with E-state index >= 15 is 0 Å². The third-order valence-corrected chi connectivity index (χ3v) is 3.90. The summed E-state index contributed by atoms with van der Waals surface area (Å²) in [5.41, 5.74) is 0.504. The maximum atomic E-state index is 3.63. The zero-order valence-corrected chi connectivity index (χ0v) is 8.54. The summed E-state index contributed by atoms with van der Waals surface area (Å²) in [5, 5.41) is 7.16. The molecule has 1 aliphatic heterocycles. The lowest BCUT2D eigenvalue weighted by atomic mass is 10.2. The molecule has 1 saturated heterocycles. The summed E-state index contributed by atoms with van der Waals surface area (Å²) in [7, 11) is 0. The first-order valence-electron chi connectivity index (χ1n) is 4.85. The highest BCUT2D eigenvalue weighted by molar-refractivity contribution is 7.99. The molecule has 1 unspecified atom stereocenters. The Morgan fingerprint density at radius 3 is 3.00 bits per heavy atom. The Kier molecular flexibility index (Phi) is 2.63. The maximum Gasteiger partial charge on any atom is 0.0283 e. The van der Waals surface area contributed by atoms with Crippen LogP contribution in [0.4, 0.5) is 0 Å². The molecule has 0 spiro atoms. The Balaban J connectivity index is 1.65. The smallest absolute Gasteiger partial charge is 0.0283 e. The van der Waals surface area contributed by atoms with Gasteiger partial charge in [0.1, 0.15) is 0 Å². The monoisotopic (exact) mass is 186 g/mol. The Labute approximate surface area is 78.9 Å². The van der Waals surface area contributed by atoms with Gasteiger partial charge in [0, 0.05) is 36.2 Å². The van der Waals surface area contributed by atoms with Crippen LogP contribution in [-0.4, -0.2) is 36.2 Å². The average Bonchev–Trinajstić information content (AvgIpc) is 2.84. The fraction of sp³-hybridized carbons (Fsp3) is 1.00. The number of hydrogen-bond donors (Lipinski definition) is 2. The summed E-state index contributed by atoms with van der Waals surface area (Å²) >= 11 is 2.07. The minimum Gasteiger partial charge on any atom is -0.311 e. The quantitative estimate of drug-likeness (QED) is 0.683. The summed E-state index contributed by atoms with van der Waals surface area (Å²) in [6.07, 6.45) is 2.74. The average molecular weight is 186 g/mol. The lowest BCUT2D eigenvalue weighted by Crippen LogP contribution is -2.46. The van der Waals surface area contributed by atoms with E-state index in [-0.39, 0.29) is 0 Å². The van der Waals surface area contributed by atoms with Crippen molar-refractivity contribution in [3.63, 3.8) is 0 Å². The van der Waals surface area contributed by atoms with E-state index in [0.717, 1.165) is 6.54 Å². The fourth-order valence-electron chi connectivity index (χ4n) is 1.48. The topological polar surface area (TPSA) is 24.1 Å². The molecule has 70 valence electrons. The van der Waals surface area contributed by atoms with Crippen molar-refractivity contribution in [1.82, 2.24) is 10.6 Å². The lowest BCUT2D eigenvalue weighted by molar-refractivity contribution is 0.459. The van der Waals surface area contributed by atoms with Gasteiger partial charge in [0.15, 0.2) is 0 Å². The highest BCUT2D eigenvalue weighted by Crippen LogP contribution is 2.34. The second-order valence-corrected chi connectivity index (χ2v) is 5.32. The third-order valence-electron chi connectivity index (χ3n) is 2.77. The molecule has 2 rings (SSSR count). The first-order valence-corrected chi connectivity index (χ1v) is 6.00. The van der Waals surface area contributed by atoms with E-state index in [4.69, 9.17) is 0 Å². The van der Waals surface area contributed by atoms with Crippen LogP contribution in [0.1, 0.15) is 19.8 Å². The van der Waals surface area contributed by atoms with E-state index in [1.165, 1.54) is 30.9 Å². The molecular formula is C9H18N2S. The first kappa shape index (κ1) is 8.85. The summed E-state index contributed by atoms with van der Waals surface area (Å²) in [5.74, 6) is 2.57. The molecule has 0 aromatic rings. The molecule has 0 bridgehead atoms. The Bertz CT molecular complexity index is 151. The highest BCUT2D eigenvalue weighted by atomic mass is 32.2. The van der Waals surface area contributed by atoms with Gasteiger partial charge >= 0.3 is 0 Å². The fourth-order valence-corrected chi connectivity index (χ4v) is 2.43. The van der Waals surface area contributed by atoms with Gasteiger partial charge in [0.25, 0.3) is 0 Å². The van der Waals surface area contributed by atoms with Crippen LogP contribution in [-0.2, 0) is 0 Å². The molecule has 12 heavy (non-hydrogen) atoms. The first-order chi connectivity index (χ1) is 5.79. The molecule has 1 atom stereocenters. The Morgan fingerprint density at radius 2 is 2.42 bits per heavy atom. The predicted octanol–water partition coefficient (Wildman–Crippen LogP) is 0.833. The molecule has 2 N–H and O–H groups in total. The zero-order valence-electron chi connectivity index (χ0n) is 7.73. The molecule has 1 heterocycles. The predicted molar refractivity (Wildman–Crippen MR) is 54.8 cm³/mol. The second kappa shape index (κ2) is 3.56. The minimum absolute atomic E-state index is 0.504. The van der Waals surface area contributed by atoms with Crippen molar-refractivity contribution < 1.29 is 0 Å². The van der Waals surface area contributed by atoms with Gasteiger partial charge in [-0.1, -0.05) is 0 Å². The van der Waals surface area contributed by atoms with E-state index < -0.39 is 0 Å². The number of thioether (sulfide) groups is 1. The standard InChI is InChI=1S/C9H18N2S/c1-9(2-3-9)11-6-8-7-12-5-4-10-8/h8,10-11H,2-7H2,1H3. The molecule has 1 saturated carbocycles. The van der Waals surface area contributed by atoms with Crippen molar-refractivity contribution in [1.29, 1.82) is 0 Å². The number of rotatable bonds is 3. The Hall–Kier alpha value is 0.270. The third kappa shape index (κ3) is 2.38. The van der Waals surface area contributed by atoms with Crippen LogP contribution >= 0.6 is 11.8 Å². The second-order valence-electron chi connectivity index (χ2n) is 4.17. The van der Waals surface area contributed by atoms with Crippen LogP contribution in [0.3, 0.4) is 0 Å². The van der Waals surface area contributed by atoms with Crippen LogP contribution in [0.15, 0.2) is 0 Å². The van der Waals surface area contributed by atoms with Crippen molar-refractivity contribution in [2.75, 3.05) is 24.6 Å². The van der Waals surface area contributed by atoms with Gasteiger partial charge < -0.3 is 10.6 Å². The van der Waals surface area contributed by atoms with Crippen LogP contribution in [0.5, 0.6) is 0 Å². The molecular weight excluding hydrogens is 168 g/mol. The van der Waals surface area contributed by atoms with E-state index in [9.17, 15) is 0 Å². The minimum atomic E-state index is 0.504. The molecule has 3 heteroatoms.